The summed E-state index contributed by atoms with van der Waals surface area (Å²) in [5.74, 6) is 2.48. The molecule has 3 rings (SSSR count). The summed E-state index contributed by atoms with van der Waals surface area (Å²) in [6.45, 7) is 9.02. The first-order chi connectivity index (χ1) is 13.1. The highest BCUT2D eigenvalue weighted by Crippen LogP contribution is 2.24. The van der Waals surface area contributed by atoms with Gasteiger partial charge in [0.25, 0.3) is 0 Å². The Kier molecular flexibility index (Phi) is 8.47. The smallest absolute Gasteiger partial charge is 0.192 e. The third kappa shape index (κ3) is 5.56. The van der Waals surface area contributed by atoms with Crippen LogP contribution in [0.15, 0.2) is 35.8 Å². The van der Waals surface area contributed by atoms with Gasteiger partial charge in [-0.2, -0.15) is 0 Å². The molecular weight excluding hydrogens is 463 g/mol. The summed E-state index contributed by atoms with van der Waals surface area (Å²) >= 11 is 0. The highest BCUT2D eigenvalue weighted by molar-refractivity contribution is 14.0. The predicted octanol–water partition coefficient (Wildman–Crippen LogP) is 3.60. The number of benzene rings is 1. The average molecular weight is 494 g/mol. The fourth-order valence-corrected chi connectivity index (χ4v) is 3.37. The number of hydrogen-bond acceptors (Lipinski definition) is 3. The third-order valence-electron chi connectivity index (χ3n) is 5.20. The van der Waals surface area contributed by atoms with Crippen molar-refractivity contribution in [1.82, 2.24) is 25.4 Å². The summed E-state index contributed by atoms with van der Waals surface area (Å²) in [4.78, 5) is 4.68. The maximum Gasteiger partial charge on any atom is 0.192 e. The molecular formula is C21H31IN6. The topological polar surface area (TPSA) is 67.1 Å². The van der Waals surface area contributed by atoms with E-state index in [9.17, 15) is 0 Å². The number of guanidine groups is 1. The van der Waals surface area contributed by atoms with E-state index in [-0.39, 0.29) is 30.0 Å². The maximum absolute atomic E-state index is 4.68. The van der Waals surface area contributed by atoms with Crippen molar-refractivity contribution in [3.8, 4) is 0 Å². The highest BCUT2D eigenvalue weighted by atomic mass is 127. The van der Waals surface area contributed by atoms with E-state index in [1.807, 2.05) is 24.6 Å². The van der Waals surface area contributed by atoms with E-state index >= 15 is 0 Å². The van der Waals surface area contributed by atoms with E-state index in [1.54, 1.807) is 0 Å². The zero-order valence-corrected chi connectivity index (χ0v) is 19.4. The van der Waals surface area contributed by atoms with Crippen LogP contribution >= 0.6 is 24.0 Å². The summed E-state index contributed by atoms with van der Waals surface area (Å²) in [7, 11) is 1.96. The van der Waals surface area contributed by atoms with E-state index < -0.39 is 0 Å². The maximum atomic E-state index is 4.68. The van der Waals surface area contributed by atoms with E-state index in [0.717, 1.165) is 17.6 Å². The molecule has 0 saturated carbocycles. The Morgan fingerprint density at radius 1 is 1.29 bits per heavy atom. The predicted molar refractivity (Wildman–Crippen MR) is 125 cm³/mol. The summed E-state index contributed by atoms with van der Waals surface area (Å²) in [6.07, 6.45) is 6.83. The molecule has 1 aliphatic carbocycles. The van der Waals surface area contributed by atoms with Crippen molar-refractivity contribution < 1.29 is 0 Å². The Bertz CT molecular complexity index is 826. The van der Waals surface area contributed by atoms with Crippen molar-refractivity contribution in [2.45, 2.75) is 52.1 Å². The second-order valence-corrected chi connectivity index (χ2v) is 7.16. The van der Waals surface area contributed by atoms with Crippen molar-refractivity contribution in [3.05, 3.63) is 59.2 Å². The molecule has 0 saturated heterocycles. The Balaban J connectivity index is 0.00000280. The summed E-state index contributed by atoms with van der Waals surface area (Å²) in [6, 6.07) is 7.04. The van der Waals surface area contributed by atoms with Crippen molar-refractivity contribution in [2.24, 2.45) is 12.0 Å². The minimum Gasteiger partial charge on any atom is -0.353 e. The minimum absolute atomic E-state index is 0. The molecule has 1 aromatic heterocycles. The molecule has 0 radical (unpaired) electrons. The number of hydrogen-bond donors (Lipinski definition) is 2. The molecule has 1 aliphatic rings. The van der Waals surface area contributed by atoms with Gasteiger partial charge in [0.1, 0.15) is 12.4 Å². The third-order valence-corrected chi connectivity index (χ3v) is 5.20. The number of aromatic nitrogens is 3. The van der Waals surface area contributed by atoms with E-state index in [2.05, 4.69) is 57.5 Å². The van der Waals surface area contributed by atoms with Gasteiger partial charge in [-0.3, -0.25) is 0 Å². The van der Waals surface area contributed by atoms with Crippen LogP contribution in [-0.2, 0) is 26.4 Å². The highest BCUT2D eigenvalue weighted by Gasteiger charge is 2.14. The van der Waals surface area contributed by atoms with Crippen LogP contribution in [0.3, 0.4) is 0 Å². The zero-order valence-electron chi connectivity index (χ0n) is 17.0. The Morgan fingerprint density at radius 2 is 2.04 bits per heavy atom. The molecule has 28 heavy (non-hydrogen) atoms. The molecule has 2 N–H and O–H groups in total. The first-order valence-corrected chi connectivity index (χ1v) is 9.70. The number of nitrogens with zero attached hydrogens (tertiary/aromatic N) is 4. The molecule has 7 heteroatoms. The lowest BCUT2D eigenvalue weighted by Crippen LogP contribution is -2.39. The molecule has 1 heterocycles. The van der Waals surface area contributed by atoms with Crippen molar-refractivity contribution in [2.75, 3.05) is 6.54 Å². The number of aryl methyl sites for hydroxylation is 3. The van der Waals surface area contributed by atoms with Crippen LogP contribution in [-0.4, -0.2) is 27.3 Å². The molecule has 1 unspecified atom stereocenters. The van der Waals surface area contributed by atoms with Crippen LogP contribution in [0.2, 0.25) is 0 Å². The fraction of sp³-hybridized carbons (Fsp3) is 0.476. The molecule has 152 valence electrons. The molecule has 0 spiro atoms. The lowest BCUT2D eigenvalue weighted by molar-refractivity contribution is 0.665. The fourth-order valence-electron chi connectivity index (χ4n) is 3.37. The second-order valence-electron chi connectivity index (χ2n) is 7.16. The van der Waals surface area contributed by atoms with Gasteiger partial charge in [0, 0.05) is 13.6 Å². The monoisotopic (exact) mass is 494 g/mol. The number of aliphatic imine (C=N–C) groups is 1. The minimum atomic E-state index is 0. The van der Waals surface area contributed by atoms with E-state index in [1.165, 1.54) is 42.4 Å². The normalized spacial score (nSPS) is 14.6. The molecule has 6 nitrogen and oxygen atoms in total. The molecule has 1 aromatic carbocycles. The number of fused-ring (bicyclic) bond motifs is 1. The van der Waals surface area contributed by atoms with Crippen LogP contribution < -0.4 is 10.6 Å². The largest absolute Gasteiger partial charge is 0.353 e. The Morgan fingerprint density at radius 3 is 2.71 bits per heavy atom. The van der Waals surface area contributed by atoms with Crippen LogP contribution in [0.4, 0.5) is 0 Å². The number of rotatable bonds is 6. The number of nitrogens with one attached hydrogen (secondary N) is 2. The summed E-state index contributed by atoms with van der Waals surface area (Å²) in [5, 5.41) is 15.1. The lowest BCUT2D eigenvalue weighted by atomic mass is 9.89. The van der Waals surface area contributed by atoms with Crippen LogP contribution in [0.5, 0.6) is 0 Å². The van der Waals surface area contributed by atoms with Gasteiger partial charge in [0.15, 0.2) is 11.8 Å². The van der Waals surface area contributed by atoms with Gasteiger partial charge >= 0.3 is 0 Å². The van der Waals surface area contributed by atoms with Crippen molar-refractivity contribution in [3.63, 3.8) is 0 Å². The standard InChI is InChI=1S/C21H30N6.HI/c1-5-12-22-21(23-14-20-26-25-16(3)27(20)4)24-15(2)18-11-10-17-8-6-7-9-19(17)13-18;/h5,10-11,13,15H,1,6-9,12,14H2,2-4H3,(H2,22,23,24);1H. The first-order valence-electron chi connectivity index (χ1n) is 9.70. The molecule has 2 aromatic rings. The first kappa shape index (κ1) is 22.4. The van der Waals surface area contributed by atoms with Gasteiger partial charge < -0.3 is 15.2 Å². The second kappa shape index (κ2) is 10.6. The van der Waals surface area contributed by atoms with Crippen molar-refractivity contribution in [1.29, 1.82) is 0 Å². The molecule has 0 amide bonds. The van der Waals surface area contributed by atoms with Gasteiger partial charge in [-0.25, -0.2) is 4.99 Å². The van der Waals surface area contributed by atoms with Crippen LogP contribution in [0, 0.1) is 6.92 Å². The van der Waals surface area contributed by atoms with Crippen molar-refractivity contribution >= 4 is 29.9 Å². The quantitative estimate of drug-likeness (QED) is 0.279. The Hall–Kier alpha value is -1.90. The Labute approximate surface area is 185 Å². The lowest BCUT2D eigenvalue weighted by Gasteiger charge is -2.21. The van der Waals surface area contributed by atoms with Gasteiger partial charge in [-0.15, -0.1) is 40.8 Å². The molecule has 1 atom stereocenters. The summed E-state index contributed by atoms with van der Waals surface area (Å²) < 4.78 is 1.96. The van der Waals surface area contributed by atoms with E-state index in [0.29, 0.717) is 13.1 Å². The van der Waals surface area contributed by atoms with Gasteiger partial charge in [-0.1, -0.05) is 24.3 Å². The van der Waals surface area contributed by atoms with Crippen LogP contribution in [0.25, 0.3) is 0 Å². The SMILES string of the molecule is C=CCNC(=NCc1nnc(C)n1C)NC(C)c1ccc2c(c1)CCCC2.I. The summed E-state index contributed by atoms with van der Waals surface area (Å²) in [5.41, 5.74) is 4.30. The van der Waals surface area contributed by atoms with Gasteiger partial charge in [0.2, 0.25) is 0 Å². The van der Waals surface area contributed by atoms with Gasteiger partial charge in [0.05, 0.1) is 6.04 Å². The number of halogens is 1. The molecule has 0 aliphatic heterocycles. The molecule has 0 bridgehead atoms. The van der Waals surface area contributed by atoms with E-state index in [4.69, 9.17) is 0 Å². The zero-order chi connectivity index (χ0) is 19.2. The van der Waals surface area contributed by atoms with Gasteiger partial charge in [-0.05, 0) is 56.2 Å². The molecule has 0 fully saturated rings. The average Bonchev–Trinajstić information content (AvgIpc) is 3.01. The van der Waals surface area contributed by atoms with Crippen LogP contribution in [0.1, 0.15) is 54.1 Å².